The molecule has 1 heterocycles. The zero-order chi connectivity index (χ0) is 22.1. The Morgan fingerprint density at radius 1 is 1.26 bits per heavy atom. The SMILES string of the molecule is N#CC(C#N)C(=Nc1cccc(C(=CCCCC(=O)O)c2cccnc2)c1)NC1CC1. The summed E-state index contributed by atoms with van der Waals surface area (Å²) in [7, 11) is 0. The first kappa shape index (κ1) is 21.7. The number of nitriles is 2. The van der Waals surface area contributed by atoms with Crippen LogP contribution in [-0.2, 0) is 4.79 Å². The van der Waals surface area contributed by atoms with E-state index in [2.05, 4.69) is 15.3 Å². The topological polar surface area (TPSA) is 122 Å². The predicted molar refractivity (Wildman–Crippen MR) is 117 cm³/mol. The lowest BCUT2D eigenvalue weighted by Gasteiger charge is -2.12. The number of amidine groups is 1. The van der Waals surface area contributed by atoms with E-state index < -0.39 is 11.9 Å². The number of unbranched alkanes of at least 4 members (excludes halogenated alkanes) is 1. The van der Waals surface area contributed by atoms with E-state index >= 15 is 0 Å². The molecule has 0 radical (unpaired) electrons. The van der Waals surface area contributed by atoms with Gasteiger partial charge in [-0.3, -0.25) is 9.78 Å². The maximum atomic E-state index is 10.8. The summed E-state index contributed by atoms with van der Waals surface area (Å²) < 4.78 is 0. The van der Waals surface area contributed by atoms with Crippen molar-refractivity contribution >= 4 is 23.1 Å². The van der Waals surface area contributed by atoms with Gasteiger partial charge in [-0.05, 0) is 55.0 Å². The van der Waals surface area contributed by atoms with Gasteiger partial charge < -0.3 is 10.4 Å². The lowest BCUT2D eigenvalue weighted by molar-refractivity contribution is -0.137. The molecule has 31 heavy (non-hydrogen) atoms. The van der Waals surface area contributed by atoms with Crippen molar-refractivity contribution in [3.8, 4) is 12.1 Å². The third kappa shape index (κ3) is 6.52. The van der Waals surface area contributed by atoms with Crippen LogP contribution < -0.4 is 5.32 Å². The summed E-state index contributed by atoms with van der Waals surface area (Å²) in [5.74, 6) is -1.39. The number of allylic oxidation sites excluding steroid dienone is 1. The molecule has 0 unspecified atom stereocenters. The zero-order valence-corrected chi connectivity index (χ0v) is 17.0. The number of aliphatic imine (C=N–C) groups is 1. The number of aliphatic carboxylic acids is 1. The van der Waals surface area contributed by atoms with Crippen molar-refractivity contribution < 1.29 is 9.90 Å². The fraction of sp³-hybridized carbons (Fsp3) is 0.292. The Labute approximate surface area is 181 Å². The van der Waals surface area contributed by atoms with Crippen LogP contribution in [0.1, 0.15) is 43.2 Å². The van der Waals surface area contributed by atoms with E-state index in [-0.39, 0.29) is 12.5 Å². The Morgan fingerprint density at radius 2 is 2.03 bits per heavy atom. The molecule has 7 nitrogen and oxygen atoms in total. The van der Waals surface area contributed by atoms with Crippen molar-refractivity contribution in [2.24, 2.45) is 10.9 Å². The van der Waals surface area contributed by atoms with Crippen molar-refractivity contribution in [3.05, 3.63) is 66.0 Å². The monoisotopic (exact) mass is 413 g/mol. The molecular weight excluding hydrogens is 390 g/mol. The van der Waals surface area contributed by atoms with Crippen LogP contribution in [0.3, 0.4) is 0 Å². The van der Waals surface area contributed by atoms with Gasteiger partial charge in [0.2, 0.25) is 0 Å². The molecule has 156 valence electrons. The van der Waals surface area contributed by atoms with Crippen LogP contribution in [-0.4, -0.2) is 27.9 Å². The van der Waals surface area contributed by atoms with E-state index in [9.17, 15) is 15.3 Å². The molecular formula is C24H23N5O2. The molecule has 1 aromatic heterocycles. The minimum absolute atomic E-state index is 0.112. The van der Waals surface area contributed by atoms with E-state index in [1.54, 1.807) is 12.4 Å². The standard InChI is InChI=1S/C24H23N5O2/c25-14-19(15-26)24(28-20-10-11-20)29-21-7-3-5-17(13-21)22(8-1-2-9-23(30)31)18-6-4-12-27-16-18/h3-8,12-13,16,19-20H,1-2,9-11H2,(H,28,29)(H,30,31). The van der Waals surface area contributed by atoms with Gasteiger partial charge in [0.15, 0.2) is 5.92 Å². The summed E-state index contributed by atoms with van der Waals surface area (Å²) in [6.45, 7) is 0. The van der Waals surface area contributed by atoms with E-state index in [4.69, 9.17) is 5.11 Å². The molecule has 1 aromatic carbocycles. The van der Waals surface area contributed by atoms with Crippen LogP contribution in [0.4, 0.5) is 5.69 Å². The molecule has 1 saturated carbocycles. The summed E-state index contributed by atoms with van der Waals surface area (Å²) in [4.78, 5) is 19.6. The summed E-state index contributed by atoms with van der Waals surface area (Å²) in [6.07, 6.45) is 8.76. The smallest absolute Gasteiger partial charge is 0.303 e. The summed E-state index contributed by atoms with van der Waals surface area (Å²) in [5.41, 5.74) is 3.39. The fourth-order valence-electron chi connectivity index (χ4n) is 3.07. The lowest BCUT2D eigenvalue weighted by Crippen LogP contribution is -2.31. The highest BCUT2D eigenvalue weighted by molar-refractivity contribution is 5.92. The number of hydrogen-bond acceptors (Lipinski definition) is 5. The highest BCUT2D eigenvalue weighted by Gasteiger charge is 2.26. The number of carbonyl (C=O) groups is 1. The Balaban J connectivity index is 1.93. The third-order valence-corrected chi connectivity index (χ3v) is 4.78. The number of nitrogens with one attached hydrogen (secondary N) is 1. The van der Waals surface area contributed by atoms with Crippen molar-refractivity contribution in [2.75, 3.05) is 0 Å². The van der Waals surface area contributed by atoms with E-state index in [1.807, 2.05) is 54.6 Å². The summed E-state index contributed by atoms with van der Waals surface area (Å²) >= 11 is 0. The second kappa shape index (κ2) is 10.7. The molecule has 7 heteroatoms. The van der Waals surface area contributed by atoms with Gasteiger partial charge in [-0.15, -0.1) is 0 Å². The van der Waals surface area contributed by atoms with E-state index in [0.717, 1.165) is 29.5 Å². The van der Waals surface area contributed by atoms with Crippen molar-refractivity contribution in [2.45, 2.75) is 38.1 Å². The minimum Gasteiger partial charge on any atom is -0.481 e. The second-order valence-electron chi connectivity index (χ2n) is 7.30. The van der Waals surface area contributed by atoms with Crippen LogP contribution in [0.15, 0.2) is 59.9 Å². The molecule has 0 saturated heterocycles. The quantitative estimate of drug-likeness (QED) is 0.361. The first-order valence-corrected chi connectivity index (χ1v) is 10.2. The van der Waals surface area contributed by atoms with Gasteiger partial charge in [0, 0.05) is 30.4 Å². The average Bonchev–Trinajstić information content (AvgIpc) is 3.59. The number of benzene rings is 1. The number of carboxylic acid groups (broad SMARTS) is 1. The molecule has 3 rings (SSSR count). The molecule has 0 atom stereocenters. The maximum absolute atomic E-state index is 10.8. The molecule has 0 amide bonds. The molecule has 0 bridgehead atoms. The first-order valence-electron chi connectivity index (χ1n) is 10.2. The molecule has 0 spiro atoms. The number of carboxylic acids is 1. The van der Waals surface area contributed by atoms with Crippen molar-refractivity contribution in [3.63, 3.8) is 0 Å². The summed E-state index contributed by atoms with van der Waals surface area (Å²) in [6, 6.07) is 15.6. The Kier molecular flexibility index (Phi) is 7.50. The van der Waals surface area contributed by atoms with Gasteiger partial charge in [-0.1, -0.05) is 24.3 Å². The van der Waals surface area contributed by atoms with Crippen LogP contribution in [0.5, 0.6) is 0 Å². The van der Waals surface area contributed by atoms with Crippen molar-refractivity contribution in [1.82, 2.24) is 10.3 Å². The molecule has 2 aromatic rings. The molecule has 2 N–H and O–H groups in total. The molecule has 0 aliphatic heterocycles. The number of nitrogens with zero attached hydrogens (tertiary/aromatic N) is 4. The number of hydrogen-bond donors (Lipinski definition) is 2. The number of rotatable bonds is 9. The molecule has 1 aliphatic rings. The maximum Gasteiger partial charge on any atom is 0.303 e. The average molecular weight is 413 g/mol. The lowest BCUT2D eigenvalue weighted by atomic mass is 9.97. The van der Waals surface area contributed by atoms with Gasteiger partial charge in [0.25, 0.3) is 0 Å². The summed E-state index contributed by atoms with van der Waals surface area (Å²) in [5, 5.41) is 30.7. The van der Waals surface area contributed by atoms with Gasteiger partial charge in [-0.2, -0.15) is 10.5 Å². The normalized spacial score (nSPS) is 14.0. The van der Waals surface area contributed by atoms with Crippen molar-refractivity contribution in [1.29, 1.82) is 10.5 Å². The minimum atomic E-state index is -0.950. The Bertz CT molecular complexity index is 1050. The largest absolute Gasteiger partial charge is 0.481 e. The van der Waals surface area contributed by atoms with Gasteiger partial charge >= 0.3 is 5.97 Å². The van der Waals surface area contributed by atoms with Crippen LogP contribution in [0, 0.1) is 28.6 Å². The van der Waals surface area contributed by atoms with Crippen LogP contribution >= 0.6 is 0 Å². The number of pyridine rings is 1. The third-order valence-electron chi connectivity index (χ3n) is 4.78. The Hall–Kier alpha value is -3.97. The zero-order valence-electron chi connectivity index (χ0n) is 17.0. The van der Waals surface area contributed by atoms with Crippen LogP contribution in [0.2, 0.25) is 0 Å². The van der Waals surface area contributed by atoms with Crippen LogP contribution in [0.25, 0.3) is 5.57 Å². The number of aromatic nitrogens is 1. The van der Waals surface area contributed by atoms with E-state index in [0.29, 0.717) is 24.4 Å². The predicted octanol–water partition coefficient (Wildman–Crippen LogP) is 4.21. The highest BCUT2D eigenvalue weighted by atomic mass is 16.4. The van der Waals surface area contributed by atoms with Gasteiger partial charge in [-0.25, -0.2) is 4.99 Å². The Morgan fingerprint density at radius 3 is 2.68 bits per heavy atom. The van der Waals surface area contributed by atoms with E-state index in [1.165, 1.54) is 0 Å². The van der Waals surface area contributed by atoms with Gasteiger partial charge in [0.1, 0.15) is 5.84 Å². The fourth-order valence-corrected chi connectivity index (χ4v) is 3.07. The molecule has 1 fully saturated rings. The highest BCUT2D eigenvalue weighted by Crippen LogP contribution is 2.28. The first-order chi connectivity index (χ1) is 15.1. The second-order valence-corrected chi connectivity index (χ2v) is 7.30. The molecule has 1 aliphatic carbocycles. The van der Waals surface area contributed by atoms with Gasteiger partial charge in [0.05, 0.1) is 17.8 Å².